The normalized spacial score (nSPS) is 9.75. The third kappa shape index (κ3) is 2.58. The van der Waals surface area contributed by atoms with Gasteiger partial charge in [-0.25, -0.2) is 4.79 Å². The minimum Gasteiger partial charge on any atom is -0.496 e. The molecule has 0 saturated carbocycles. The molecule has 1 rings (SSSR count). The monoisotopic (exact) mass is 243 g/mol. The van der Waals surface area contributed by atoms with Crippen molar-refractivity contribution in [2.45, 2.75) is 6.92 Å². The predicted octanol–water partition coefficient (Wildman–Crippen LogP) is 2.57. The molecule has 0 aromatic heterocycles. The number of hydrogen-bond acceptors (Lipinski definition) is 4. The molecule has 1 aromatic carbocycles. The van der Waals surface area contributed by atoms with Gasteiger partial charge in [0.25, 0.3) is 0 Å². The Labute approximate surface area is 99.5 Å². The van der Waals surface area contributed by atoms with Crippen LogP contribution in [0.1, 0.15) is 17.3 Å². The van der Waals surface area contributed by atoms with Crippen molar-refractivity contribution in [1.82, 2.24) is 0 Å². The molecule has 0 radical (unpaired) electrons. The number of halogens is 1. The number of carbonyl (C=O) groups is 1. The van der Waals surface area contributed by atoms with E-state index >= 15 is 0 Å². The van der Waals surface area contributed by atoms with Gasteiger partial charge in [0, 0.05) is 13.1 Å². The molecule has 0 heterocycles. The maximum absolute atomic E-state index is 11.6. The number of carbonyl (C=O) groups excluding carboxylic acids is 1. The first-order valence-corrected chi connectivity index (χ1v) is 5.24. The van der Waals surface area contributed by atoms with Crippen LogP contribution in [0.15, 0.2) is 12.1 Å². The van der Waals surface area contributed by atoms with Crippen LogP contribution < -0.4 is 10.1 Å². The van der Waals surface area contributed by atoms with E-state index in [4.69, 9.17) is 21.1 Å². The van der Waals surface area contributed by atoms with Crippen molar-refractivity contribution < 1.29 is 14.3 Å². The fourth-order valence-electron chi connectivity index (χ4n) is 1.28. The molecule has 1 aromatic rings. The fourth-order valence-corrected chi connectivity index (χ4v) is 1.54. The number of methoxy groups -OCH3 is 1. The number of nitrogens with one attached hydrogen (secondary N) is 1. The van der Waals surface area contributed by atoms with Crippen LogP contribution in [0.25, 0.3) is 0 Å². The van der Waals surface area contributed by atoms with Crippen LogP contribution in [0.3, 0.4) is 0 Å². The highest BCUT2D eigenvalue weighted by molar-refractivity contribution is 6.33. The molecule has 5 heteroatoms. The Morgan fingerprint density at radius 2 is 2.19 bits per heavy atom. The minimum absolute atomic E-state index is 0.313. The Kier molecular flexibility index (Phi) is 4.43. The summed E-state index contributed by atoms with van der Waals surface area (Å²) in [6, 6.07) is 3.19. The Bertz CT molecular complexity index is 393. The van der Waals surface area contributed by atoms with Crippen molar-refractivity contribution in [1.29, 1.82) is 0 Å². The summed E-state index contributed by atoms with van der Waals surface area (Å²) in [5, 5.41) is 3.35. The number of hydrogen-bond donors (Lipinski definition) is 1. The van der Waals surface area contributed by atoms with Crippen LogP contribution in [0.5, 0.6) is 5.75 Å². The lowest BCUT2D eigenvalue weighted by Gasteiger charge is -2.11. The van der Waals surface area contributed by atoms with Gasteiger partial charge in [0.05, 0.1) is 24.4 Å². The molecule has 0 fully saturated rings. The van der Waals surface area contributed by atoms with E-state index in [1.165, 1.54) is 13.2 Å². The summed E-state index contributed by atoms with van der Waals surface area (Å²) in [5.41, 5.74) is 1.03. The van der Waals surface area contributed by atoms with E-state index in [0.717, 1.165) is 0 Å². The van der Waals surface area contributed by atoms with Crippen LogP contribution in [-0.4, -0.2) is 26.7 Å². The highest BCUT2D eigenvalue weighted by atomic mass is 35.5. The van der Waals surface area contributed by atoms with Gasteiger partial charge in [-0.3, -0.25) is 0 Å². The summed E-state index contributed by atoms with van der Waals surface area (Å²) in [6.45, 7) is 2.06. The molecule has 0 amide bonds. The zero-order chi connectivity index (χ0) is 12.1. The second-order valence-corrected chi connectivity index (χ2v) is 3.41. The molecular formula is C11H14ClNO3. The molecule has 0 bridgehead atoms. The third-order valence-corrected chi connectivity index (χ3v) is 2.37. The van der Waals surface area contributed by atoms with E-state index in [1.54, 1.807) is 20.0 Å². The molecule has 1 N–H and O–H groups in total. The Morgan fingerprint density at radius 1 is 1.50 bits per heavy atom. The topological polar surface area (TPSA) is 47.6 Å². The zero-order valence-electron chi connectivity index (χ0n) is 9.46. The molecular weight excluding hydrogens is 230 g/mol. The summed E-state index contributed by atoms with van der Waals surface area (Å²) in [4.78, 5) is 11.6. The molecule has 0 aliphatic rings. The molecule has 0 saturated heterocycles. The summed E-state index contributed by atoms with van der Waals surface area (Å²) >= 11 is 5.98. The van der Waals surface area contributed by atoms with E-state index in [1.807, 2.05) is 0 Å². The van der Waals surface area contributed by atoms with Crippen molar-refractivity contribution in [3.05, 3.63) is 22.7 Å². The van der Waals surface area contributed by atoms with Crippen LogP contribution in [0, 0.1) is 0 Å². The van der Waals surface area contributed by atoms with Gasteiger partial charge in [-0.15, -0.1) is 0 Å². The second kappa shape index (κ2) is 5.61. The van der Waals surface area contributed by atoms with Crippen LogP contribution in [0.2, 0.25) is 5.02 Å². The lowest BCUT2D eigenvalue weighted by molar-refractivity contribution is 0.0523. The van der Waals surface area contributed by atoms with Gasteiger partial charge >= 0.3 is 5.97 Å². The number of benzene rings is 1. The lowest BCUT2D eigenvalue weighted by atomic mass is 10.2. The maximum Gasteiger partial charge on any atom is 0.341 e. The smallest absolute Gasteiger partial charge is 0.341 e. The Hall–Kier alpha value is -1.42. The standard InChI is InChI=1S/C11H14ClNO3/c1-4-16-11(14)7-5-8(12)9(13-2)6-10(7)15-3/h5-6,13H,4H2,1-3H3. The molecule has 4 nitrogen and oxygen atoms in total. The Balaban J connectivity index is 3.17. The van der Waals surface area contributed by atoms with Gasteiger partial charge in [-0.2, -0.15) is 0 Å². The van der Waals surface area contributed by atoms with E-state index in [2.05, 4.69) is 5.32 Å². The molecule has 0 spiro atoms. The predicted molar refractivity (Wildman–Crippen MR) is 63.5 cm³/mol. The molecule has 16 heavy (non-hydrogen) atoms. The minimum atomic E-state index is -0.441. The number of ether oxygens (including phenoxy) is 2. The summed E-state index contributed by atoms with van der Waals surface area (Å²) in [7, 11) is 3.23. The van der Waals surface area contributed by atoms with Crippen LogP contribution in [-0.2, 0) is 4.74 Å². The summed E-state index contributed by atoms with van der Waals surface area (Å²) < 4.78 is 10.0. The first-order valence-electron chi connectivity index (χ1n) is 4.86. The van der Waals surface area contributed by atoms with Gasteiger partial charge in [-0.05, 0) is 13.0 Å². The van der Waals surface area contributed by atoms with E-state index in [0.29, 0.717) is 28.6 Å². The van der Waals surface area contributed by atoms with Crippen molar-refractivity contribution >= 4 is 23.3 Å². The zero-order valence-corrected chi connectivity index (χ0v) is 10.2. The number of esters is 1. The van der Waals surface area contributed by atoms with E-state index in [9.17, 15) is 4.79 Å². The molecule has 0 atom stereocenters. The van der Waals surface area contributed by atoms with Gasteiger partial charge in [0.1, 0.15) is 11.3 Å². The fraction of sp³-hybridized carbons (Fsp3) is 0.364. The highest BCUT2D eigenvalue weighted by Gasteiger charge is 2.16. The van der Waals surface area contributed by atoms with Gasteiger partial charge in [-0.1, -0.05) is 11.6 Å². The van der Waals surface area contributed by atoms with Gasteiger partial charge < -0.3 is 14.8 Å². The van der Waals surface area contributed by atoms with E-state index in [-0.39, 0.29) is 0 Å². The first kappa shape index (κ1) is 12.6. The number of anilines is 1. The summed E-state index contributed by atoms with van der Waals surface area (Å²) in [5.74, 6) is -0.00361. The van der Waals surface area contributed by atoms with E-state index < -0.39 is 5.97 Å². The van der Waals surface area contributed by atoms with Crippen molar-refractivity contribution in [3.63, 3.8) is 0 Å². The van der Waals surface area contributed by atoms with Gasteiger partial charge in [0.15, 0.2) is 0 Å². The quantitative estimate of drug-likeness (QED) is 0.826. The maximum atomic E-state index is 11.6. The van der Waals surface area contributed by atoms with Crippen molar-refractivity contribution in [2.24, 2.45) is 0 Å². The van der Waals surface area contributed by atoms with Crippen LogP contribution in [0.4, 0.5) is 5.69 Å². The molecule has 0 aliphatic carbocycles. The second-order valence-electron chi connectivity index (χ2n) is 3.00. The first-order chi connectivity index (χ1) is 7.63. The molecule has 0 unspecified atom stereocenters. The third-order valence-electron chi connectivity index (χ3n) is 2.05. The summed E-state index contributed by atoms with van der Waals surface area (Å²) in [6.07, 6.45) is 0. The highest BCUT2D eigenvalue weighted by Crippen LogP contribution is 2.31. The average Bonchev–Trinajstić information content (AvgIpc) is 2.29. The van der Waals surface area contributed by atoms with Gasteiger partial charge in [0.2, 0.25) is 0 Å². The van der Waals surface area contributed by atoms with Crippen molar-refractivity contribution in [2.75, 3.05) is 26.1 Å². The number of rotatable bonds is 4. The average molecular weight is 244 g/mol. The SMILES string of the molecule is CCOC(=O)c1cc(Cl)c(NC)cc1OC. The Morgan fingerprint density at radius 3 is 2.69 bits per heavy atom. The van der Waals surface area contributed by atoms with Crippen molar-refractivity contribution in [3.8, 4) is 5.75 Å². The molecule has 0 aliphatic heterocycles. The largest absolute Gasteiger partial charge is 0.496 e. The lowest BCUT2D eigenvalue weighted by Crippen LogP contribution is -2.07. The van der Waals surface area contributed by atoms with Crippen LogP contribution >= 0.6 is 11.6 Å². The molecule has 88 valence electrons.